The molecule has 0 saturated heterocycles. The van der Waals surface area contributed by atoms with E-state index in [0.717, 1.165) is 29.9 Å². The van der Waals surface area contributed by atoms with Crippen molar-refractivity contribution in [3.63, 3.8) is 0 Å². The molecule has 0 aromatic heterocycles. The average molecular weight is 265 g/mol. The predicted octanol–water partition coefficient (Wildman–Crippen LogP) is 4.45. The van der Waals surface area contributed by atoms with Crippen molar-refractivity contribution in [3.05, 3.63) is 54.6 Å². The van der Waals surface area contributed by atoms with Gasteiger partial charge in [-0.2, -0.15) is 10.2 Å². The smallest absolute Gasteiger partial charge is 0.227 e. The molecule has 100 valence electrons. The Balaban J connectivity index is 1.63. The molecule has 0 heterocycles. The lowest BCUT2D eigenvalue weighted by atomic mass is 10.2. The minimum absolute atomic E-state index is 0.115. The highest BCUT2D eigenvalue weighted by Crippen LogP contribution is 2.30. The monoisotopic (exact) mass is 265 g/mol. The quantitative estimate of drug-likeness (QED) is 0.816. The van der Waals surface area contributed by atoms with Crippen LogP contribution in [0.2, 0.25) is 0 Å². The summed E-state index contributed by atoms with van der Waals surface area (Å²) in [6.07, 6.45) is 2.02. The molecule has 1 aliphatic carbocycles. The molecular formula is C16H15N3O. The average Bonchev–Trinajstić information content (AvgIpc) is 3.32. The van der Waals surface area contributed by atoms with Crippen LogP contribution < -0.4 is 5.32 Å². The highest BCUT2D eigenvalue weighted by molar-refractivity contribution is 5.94. The first-order valence-electron chi connectivity index (χ1n) is 6.69. The number of carbonyl (C=O) groups is 1. The Bertz CT molecular complexity index is 616. The number of hydrogen-bond acceptors (Lipinski definition) is 3. The standard InChI is InChI=1S/C16H15N3O/c20-16(12-6-7-12)17-13-8-10-15(11-9-13)19-18-14-4-2-1-3-5-14/h1-5,8-12H,6-7H2,(H,17,20). The molecule has 4 nitrogen and oxygen atoms in total. The van der Waals surface area contributed by atoms with Crippen molar-refractivity contribution in [2.45, 2.75) is 12.8 Å². The first-order chi connectivity index (χ1) is 9.81. The topological polar surface area (TPSA) is 53.8 Å². The molecular weight excluding hydrogens is 250 g/mol. The summed E-state index contributed by atoms with van der Waals surface area (Å²) in [6, 6.07) is 17.0. The van der Waals surface area contributed by atoms with Gasteiger partial charge in [0, 0.05) is 11.6 Å². The third-order valence-electron chi connectivity index (χ3n) is 3.12. The van der Waals surface area contributed by atoms with Crippen LogP contribution in [0.3, 0.4) is 0 Å². The first-order valence-corrected chi connectivity index (χ1v) is 6.69. The van der Waals surface area contributed by atoms with Crippen LogP contribution in [-0.4, -0.2) is 5.91 Å². The SMILES string of the molecule is O=C(Nc1ccc(N=Nc2ccccc2)cc1)C1CC1. The third-order valence-corrected chi connectivity index (χ3v) is 3.12. The zero-order valence-electron chi connectivity index (χ0n) is 11.0. The minimum Gasteiger partial charge on any atom is -0.326 e. The van der Waals surface area contributed by atoms with Gasteiger partial charge in [0.15, 0.2) is 0 Å². The molecule has 1 amide bonds. The lowest BCUT2D eigenvalue weighted by Crippen LogP contribution is -2.12. The Morgan fingerprint density at radius 1 is 0.900 bits per heavy atom. The lowest BCUT2D eigenvalue weighted by Gasteiger charge is -2.03. The van der Waals surface area contributed by atoms with Crippen LogP contribution in [0.15, 0.2) is 64.8 Å². The van der Waals surface area contributed by atoms with E-state index in [1.807, 2.05) is 54.6 Å². The molecule has 0 aliphatic heterocycles. The number of hydrogen-bond donors (Lipinski definition) is 1. The van der Waals surface area contributed by atoms with Gasteiger partial charge in [-0.05, 0) is 49.2 Å². The Labute approximate surface area is 117 Å². The summed E-state index contributed by atoms with van der Waals surface area (Å²) in [5, 5.41) is 11.2. The summed E-state index contributed by atoms with van der Waals surface area (Å²) < 4.78 is 0. The summed E-state index contributed by atoms with van der Waals surface area (Å²) in [5.41, 5.74) is 2.39. The molecule has 0 radical (unpaired) electrons. The molecule has 3 rings (SSSR count). The summed E-state index contributed by atoms with van der Waals surface area (Å²) in [5.74, 6) is 0.330. The van der Waals surface area contributed by atoms with Crippen LogP contribution in [0.4, 0.5) is 17.1 Å². The zero-order valence-corrected chi connectivity index (χ0v) is 11.0. The van der Waals surface area contributed by atoms with E-state index < -0.39 is 0 Å². The summed E-state index contributed by atoms with van der Waals surface area (Å²) in [7, 11) is 0. The summed E-state index contributed by atoms with van der Waals surface area (Å²) in [6.45, 7) is 0. The van der Waals surface area contributed by atoms with Gasteiger partial charge in [0.1, 0.15) is 0 Å². The van der Waals surface area contributed by atoms with Gasteiger partial charge in [0.25, 0.3) is 0 Å². The van der Waals surface area contributed by atoms with Crippen molar-refractivity contribution in [3.8, 4) is 0 Å². The van der Waals surface area contributed by atoms with Gasteiger partial charge in [-0.1, -0.05) is 18.2 Å². The molecule has 1 N–H and O–H groups in total. The largest absolute Gasteiger partial charge is 0.326 e. The van der Waals surface area contributed by atoms with Crippen LogP contribution in [0.25, 0.3) is 0 Å². The van der Waals surface area contributed by atoms with Crippen LogP contribution >= 0.6 is 0 Å². The van der Waals surface area contributed by atoms with Crippen LogP contribution in [-0.2, 0) is 4.79 Å². The number of azo groups is 1. The Hall–Kier alpha value is -2.49. The molecule has 1 aliphatic rings. The highest BCUT2D eigenvalue weighted by atomic mass is 16.2. The highest BCUT2D eigenvalue weighted by Gasteiger charge is 2.29. The number of nitrogens with one attached hydrogen (secondary N) is 1. The van der Waals surface area contributed by atoms with Crippen molar-refractivity contribution in [2.75, 3.05) is 5.32 Å². The molecule has 0 unspecified atom stereocenters. The minimum atomic E-state index is 0.115. The Kier molecular flexibility index (Phi) is 3.54. The molecule has 0 atom stereocenters. The van der Waals surface area contributed by atoms with Gasteiger partial charge in [0.2, 0.25) is 5.91 Å². The van der Waals surface area contributed by atoms with Gasteiger partial charge in [-0.15, -0.1) is 0 Å². The van der Waals surface area contributed by atoms with Crippen molar-refractivity contribution in [1.29, 1.82) is 0 Å². The number of anilines is 1. The van der Waals surface area contributed by atoms with E-state index in [4.69, 9.17) is 0 Å². The fraction of sp³-hybridized carbons (Fsp3) is 0.188. The van der Waals surface area contributed by atoms with E-state index in [1.165, 1.54) is 0 Å². The normalized spacial score (nSPS) is 14.4. The van der Waals surface area contributed by atoms with Gasteiger partial charge >= 0.3 is 0 Å². The van der Waals surface area contributed by atoms with Crippen LogP contribution in [0.1, 0.15) is 12.8 Å². The second kappa shape index (κ2) is 5.65. The molecule has 0 bridgehead atoms. The molecule has 4 heteroatoms. The fourth-order valence-electron chi connectivity index (χ4n) is 1.81. The lowest BCUT2D eigenvalue weighted by molar-refractivity contribution is -0.117. The van der Waals surface area contributed by atoms with Crippen molar-refractivity contribution in [2.24, 2.45) is 16.1 Å². The van der Waals surface area contributed by atoms with E-state index in [0.29, 0.717) is 0 Å². The molecule has 2 aromatic rings. The molecule has 0 spiro atoms. The Morgan fingerprint density at radius 3 is 2.10 bits per heavy atom. The van der Waals surface area contributed by atoms with Gasteiger partial charge in [0.05, 0.1) is 11.4 Å². The van der Waals surface area contributed by atoms with Gasteiger partial charge in [-0.3, -0.25) is 4.79 Å². The fourth-order valence-corrected chi connectivity index (χ4v) is 1.81. The number of amides is 1. The number of nitrogens with zero attached hydrogens (tertiary/aromatic N) is 2. The van der Waals surface area contributed by atoms with E-state index in [1.54, 1.807) is 0 Å². The number of rotatable bonds is 4. The van der Waals surface area contributed by atoms with Crippen LogP contribution in [0, 0.1) is 5.92 Å². The van der Waals surface area contributed by atoms with E-state index in [9.17, 15) is 4.79 Å². The van der Waals surface area contributed by atoms with E-state index in [-0.39, 0.29) is 11.8 Å². The maximum atomic E-state index is 11.6. The second-order valence-corrected chi connectivity index (χ2v) is 4.85. The zero-order chi connectivity index (χ0) is 13.8. The maximum Gasteiger partial charge on any atom is 0.227 e. The summed E-state index contributed by atoms with van der Waals surface area (Å²) >= 11 is 0. The van der Waals surface area contributed by atoms with Crippen molar-refractivity contribution >= 4 is 23.0 Å². The molecule has 1 saturated carbocycles. The second-order valence-electron chi connectivity index (χ2n) is 4.85. The Morgan fingerprint density at radius 2 is 1.50 bits per heavy atom. The molecule has 2 aromatic carbocycles. The van der Waals surface area contributed by atoms with Gasteiger partial charge < -0.3 is 5.32 Å². The maximum absolute atomic E-state index is 11.6. The number of carbonyl (C=O) groups excluding carboxylic acids is 1. The third kappa shape index (κ3) is 3.29. The van der Waals surface area contributed by atoms with Crippen molar-refractivity contribution < 1.29 is 4.79 Å². The first kappa shape index (κ1) is 12.5. The summed E-state index contributed by atoms with van der Waals surface area (Å²) in [4.78, 5) is 11.6. The van der Waals surface area contributed by atoms with E-state index >= 15 is 0 Å². The number of benzene rings is 2. The molecule has 20 heavy (non-hydrogen) atoms. The predicted molar refractivity (Wildman–Crippen MR) is 78.4 cm³/mol. The van der Waals surface area contributed by atoms with Crippen LogP contribution in [0.5, 0.6) is 0 Å². The van der Waals surface area contributed by atoms with Gasteiger partial charge in [-0.25, -0.2) is 0 Å². The van der Waals surface area contributed by atoms with E-state index in [2.05, 4.69) is 15.5 Å². The van der Waals surface area contributed by atoms with Crippen molar-refractivity contribution in [1.82, 2.24) is 0 Å². The molecule has 1 fully saturated rings.